The van der Waals surface area contributed by atoms with Crippen LogP contribution >= 0.6 is 0 Å². The highest BCUT2D eigenvalue weighted by Gasteiger charge is 2.33. The predicted octanol–water partition coefficient (Wildman–Crippen LogP) is 3.37. The van der Waals surface area contributed by atoms with E-state index in [4.69, 9.17) is 0 Å². The molecule has 1 amide bonds. The number of piperidine rings is 1. The van der Waals surface area contributed by atoms with E-state index in [1.807, 2.05) is 32.0 Å². The number of nitrogens with zero attached hydrogens (tertiary/aromatic N) is 2. The molecule has 2 aromatic rings. The summed E-state index contributed by atoms with van der Waals surface area (Å²) in [5, 5.41) is 0. The fraction of sp³-hybridized carbons (Fsp3) is 0.381. The van der Waals surface area contributed by atoms with E-state index in [1.165, 1.54) is 9.87 Å². The van der Waals surface area contributed by atoms with Gasteiger partial charge >= 0.3 is 0 Å². The Bertz CT molecular complexity index is 918. The van der Waals surface area contributed by atoms with Crippen LogP contribution in [0.3, 0.4) is 0 Å². The number of benzene rings is 2. The third kappa shape index (κ3) is 4.06. The van der Waals surface area contributed by atoms with Crippen LogP contribution in [0.2, 0.25) is 0 Å². The second-order valence-corrected chi connectivity index (χ2v) is 9.10. The largest absolute Gasteiger partial charge is 0.315 e. The smallest absolute Gasteiger partial charge is 0.243 e. The molecule has 144 valence electrons. The summed E-state index contributed by atoms with van der Waals surface area (Å²) >= 11 is 0. The standard InChI is InChI=1S/C21H26N2O3S/c1-16-9-10-19(15-17(16)2)22(3)21(24)18-11-13-23(14-12-18)27(25,26)20-7-5-4-6-8-20/h4-10,15,18H,11-14H2,1-3H3. The van der Waals surface area contributed by atoms with Crippen molar-refractivity contribution in [2.75, 3.05) is 25.0 Å². The number of carbonyl (C=O) groups excluding carboxylic acids is 1. The molecule has 5 nitrogen and oxygen atoms in total. The summed E-state index contributed by atoms with van der Waals surface area (Å²) in [6.45, 7) is 4.82. The van der Waals surface area contributed by atoms with Crippen LogP contribution in [0.1, 0.15) is 24.0 Å². The maximum absolute atomic E-state index is 12.9. The number of aryl methyl sites for hydroxylation is 2. The molecule has 1 saturated heterocycles. The highest BCUT2D eigenvalue weighted by Crippen LogP contribution is 2.27. The Morgan fingerprint density at radius 2 is 1.63 bits per heavy atom. The molecular weight excluding hydrogens is 360 g/mol. The molecule has 0 radical (unpaired) electrons. The number of carbonyl (C=O) groups is 1. The molecular formula is C21H26N2O3S. The van der Waals surface area contributed by atoms with Crippen LogP contribution in [-0.4, -0.2) is 38.8 Å². The molecule has 2 aromatic carbocycles. The van der Waals surface area contributed by atoms with Crippen molar-refractivity contribution in [3.8, 4) is 0 Å². The zero-order valence-electron chi connectivity index (χ0n) is 16.1. The number of anilines is 1. The van der Waals surface area contributed by atoms with Gasteiger partial charge in [-0.05, 0) is 62.1 Å². The number of rotatable bonds is 4. The SMILES string of the molecule is Cc1ccc(N(C)C(=O)C2CCN(S(=O)(=O)c3ccccc3)CC2)cc1C. The van der Waals surface area contributed by atoms with Crippen molar-refractivity contribution < 1.29 is 13.2 Å². The van der Waals surface area contributed by atoms with E-state index in [-0.39, 0.29) is 11.8 Å². The molecule has 1 aliphatic rings. The van der Waals surface area contributed by atoms with Crippen LogP contribution in [-0.2, 0) is 14.8 Å². The maximum atomic E-state index is 12.9. The first-order chi connectivity index (χ1) is 12.8. The predicted molar refractivity (Wildman–Crippen MR) is 107 cm³/mol. The van der Waals surface area contributed by atoms with E-state index in [9.17, 15) is 13.2 Å². The molecule has 0 N–H and O–H groups in total. The van der Waals surface area contributed by atoms with Crippen LogP contribution in [0.4, 0.5) is 5.69 Å². The number of sulfonamides is 1. The fourth-order valence-corrected chi connectivity index (χ4v) is 4.91. The number of amides is 1. The Hall–Kier alpha value is -2.18. The topological polar surface area (TPSA) is 57.7 Å². The molecule has 0 unspecified atom stereocenters. The van der Waals surface area contributed by atoms with Crippen molar-refractivity contribution in [3.05, 3.63) is 59.7 Å². The van der Waals surface area contributed by atoms with Crippen LogP contribution in [0.15, 0.2) is 53.4 Å². The monoisotopic (exact) mass is 386 g/mol. The first-order valence-corrected chi connectivity index (χ1v) is 10.6. The Morgan fingerprint density at radius 3 is 2.22 bits per heavy atom. The molecule has 0 saturated carbocycles. The first-order valence-electron chi connectivity index (χ1n) is 9.20. The number of hydrogen-bond donors (Lipinski definition) is 0. The molecule has 6 heteroatoms. The molecule has 1 heterocycles. The van der Waals surface area contributed by atoms with Gasteiger partial charge in [0.25, 0.3) is 0 Å². The number of hydrogen-bond acceptors (Lipinski definition) is 3. The Kier molecular flexibility index (Phi) is 5.67. The lowest BCUT2D eigenvalue weighted by atomic mass is 9.96. The molecule has 0 spiro atoms. The van der Waals surface area contributed by atoms with Crippen molar-refractivity contribution in [1.29, 1.82) is 0 Å². The Balaban J connectivity index is 1.66. The zero-order valence-corrected chi connectivity index (χ0v) is 16.9. The van der Waals surface area contributed by atoms with Crippen LogP contribution in [0.25, 0.3) is 0 Å². The molecule has 27 heavy (non-hydrogen) atoms. The summed E-state index contributed by atoms with van der Waals surface area (Å²) < 4.78 is 26.9. The van der Waals surface area contributed by atoms with Crippen LogP contribution < -0.4 is 4.90 Å². The van der Waals surface area contributed by atoms with Gasteiger partial charge in [-0.3, -0.25) is 4.79 Å². The van der Waals surface area contributed by atoms with Crippen molar-refractivity contribution in [2.45, 2.75) is 31.6 Å². The molecule has 0 atom stereocenters. The Labute approximate surface area is 161 Å². The van der Waals surface area contributed by atoms with Gasteiger partial charge in [0.15, 0.2) is 0 Å². The van der Waals surface area contributed by atoms with Gasteiger partial charge in [0.2, 0.25) is 15.9 Å². The van der Waals surface area contributed by atoms with Gasteiger partial charge in [-0.2, -0.15) is 4.31 Å². The van der Waals surface area contributed by atoms with Gasteiger partial charge in [0.1, 0.15) is 0 Å². The minimum absolute atomic E-state index is 0.0509. The average Bonchev–Trinajstić information content (AvgIpc) is 2.69. The van der Waals surface area contributed by atoms with E-state index in [2.05, 4.69) is 0 Å². The fourth-order valence-electron chi connectivity index (χ4n) is 3.42. The van der Waals surface area contributed by atoms with Crippen LogP contribution in [0, 0.1) is 19.8 Å². The van der Waals surface area contributed by atoms with Gasteiger partial charge in [0.05, 0.1) is 4.90 Å². The van der Waals surface area contributed by atoms with E-state index < -0.39 is 10.0 Å². The van der Waals surface area contributed by atoms with Gasteiger partial charge in [-0.15, -0.1) is 0 Å². The Morgan fingerprint density at radius 1 is 1.00 bits per heavy atom. The molecule has 0 aromatic heterocycles. The average molecular weight is 387 g/mol. The minimum atomic E-state index is -3.49. The second kappa shape index (κ2) is 7.82. The second-order valence-electron chi connectivity index (χ2n) is 7.16. The lowest BCUT2D eigenvalue weighted by molar-refractivity contribution is -0.123. The highest BCUT2D eigenvalue weighted by molar-refractivity contribution is 7.89. The third-order valence-corrected chi connectivity index (χ3v) is 7.31. The van der Waals surface area contributed by atoms with Gasteiger partial charge in [0, 0.05) is 31.7 Å². The van der Waals surface area contributed by atoms with Gasteiger partial charge < -0.3 is 4.90 Å². The van der Waals surface area contributed by atoms with Crippen molar-refractivity contribution >= 4 is 21.6 Å². The summed E-state index contributed by atoms with van der Waals surface area (Å²) in [7, 11) is -1.69. The highest BCUT2D eigenvalue weighted by atomic mass is 32.2. The lowest BCUT2D eigenvalue weighted by Gasteiger charge is -2.32. The molecule has 0 aliphatic carbocycles. The summed E-state index contributed by atoms with van der Waals surface area (Å²) in [6, 6.07) is 14.5. The maximum Gasteiger partial charge on any atom is 0.243 e. The van der Waals surface area contributed by atoms with E-state index >= 15 is 0 Å². The van der Waals surface area contributed by atoms with E-state index in [1.54, 1.807) is 42.3 Å². The minimum Gasteiger partial charge on any atom is -0.315 e. The molecule has 0 bridgehead atoms. The van der Waals surface area contributed by atoms with Crippen molar-refractivity contribution in [2.24, 2.45) is 5.92 Å². The summed E-state index contributed by atoms with van der Waals surface area (Å²) in [5.74, 6) is -0.103. The summed E-state index contributed by atoms with van der Waals surface area (Å²) in [4.78, 5) is 14.9. The van der Waals surface area contributed by atoms with Crippen molar-refractivity contribution in [1.82, 2.24) is 4.31 Å². The lowest BCUT2D eigenvalue weighted by Crippen LogP contribution is -2.43. The van der Waals surface area contributed by atoms with E-state index in [0.717, 1.165) is 11.3 Å². The normalized spacial score (nSPS) is 16.3. The zero-order chi connectivity index (χ0) is 19.6. The molecule has 3 rings (SSSR count). The molecule has 1 fully saturated rings. The summed E-state index contributed by atoms with van der Waals surface area (Å²) in [6.07, 6.45) is 1.08. The van der Waals surface area contributed by atoms with Crippen LogP contribution in [0.5, 0.6) is 0 Å². The van der Waals surface area contributed by atoms with Gasteiger partial charge in [-0.1, -0.05) is 24.3 Å². The third-order valence-electron chi connectivity index (χ3n) is 5.39. The first kappa shape index (κ1) is 19.6. The van der Waals surface area contributed by atoms with E-state index in [0.29, 0.717) is 30.8 Å². The quantitative estimate of drug-likeness (QED) is 0.810. The van der Waals surface area contributed by atoms with Crippen molar-refractivity contribution in [3.63, 3.8) is 0 Å². The van der Waals surface area contributed by atoms with Gasteiger partial charge in [-0.25, -0.2) is 8.42 Å². The summed E-state index contributed by atoms with van der Waals surface area (Å²) in [5.41, 5.74) is 3.22. The molecule has 1 aliphatic heterocycles.